The lowest BCUT2D eigenvalue weighted by Gasteiger charge is -2.36. The molecule has 1 fully saturated rings. The first-order valence-electron chi connectivity index (χ1n) is 6.62. The van der Waals surface area contributed by atoms with Crippen molar-refractivity contribution in [2.45, 2.75) is 26.1 Å². The molecule has 0 radical (unpaired) electrons. The Morgan fingerprint density at radius 3 is 2.65 bits per heavy atom. The lowest BCUT2D eigenvalue weighted by molar-refractivity contribution is -0.00538. The molecule has 1 aromatic heterocycles. The van der Waals surface area contributed by atoms with E-state index in [1.807, 2.05) is 18.7 Å². The predicted molar refractivity (Wildman–Crippen MR) is 72.7 cm³/mol. The molecule has 5 nitrogen and oxygen atoms in total. The second-order valence-electron chi connectivity index (χ2n) is 5.13. The van der Waals surface area contributed by atoms with E-state index in [0.717, 1.165) is 0 Å². The lowest BCUT2D eigenvalue weighted by Crippen LogP contribution is -2.45. The van der Waals surface area contributed by atoms with Crippen molar-refractivity contribution in [1.82, 2.24) is 5.16 Å². The van der Waals surface area contributed by atoms with Crippen LogP contribution in [0, 0.1) is 5.82 Å². The van der Waals surface area contributed by atoms with Gasteiger partial charge in [0.05, 0.1) is 30.4 Å². The van der Waals surface area contributed by atoms with Crippen molar-refractivity contribution >= 4 is 16.7 Å². The summed E-state index contributed by atoms with van der Waals surface area (Å²) in [6, 6.07) is 3.51. The van der Waals surface area contributed by atoms with Gasteiger partial charge in [0.15, 0.2) is 5.82 Å². The number of morpholine rings is 1. The average molecular weight is 280 g/mol. The summed E-state index contributed by atoms with van der Waals surface area (Å²) >= 11 is 0. The summed E-state index contributed by atoms with van der Waals surface area (Å²) in [4.78, 5) is 1.97. The highest BCUT2D eigenvalue weighted by Crippen LogP contribution is 2.33. The first kappa shape index (κ1) is 13.2. The molecular weight excluding hydrogens is 263 g/mol. The molecule has 1 aromatic carbocycles. The van der Waals surface area contributed by atoms with E-state index in [9.17, 15) is 4.39 Å². The molecule has 0 bridgehead atoms. The molecule has 2 atom stereocenters. The quantitative estimate of drug-likeness (QED) is 0.846. The number of halogens is 1. The number of nitrogens with zero attached hydrogens (tertiary/aromatic N) is 2. The first-order valence-corrected chi connectivity index (χ1v) is 6.62. The maximum absolute atomic E-state index is 14.6. The van der Waals surface area contributed by atoms with E-state index < -0.39 is 5.82 Å². The van der Waals surface area contributed by atoms with Crippen LogP contribution in [0.25, 0.3) is 11.0 Å². The van der Waals surface area contributed by atoms with Crippen LogP contribution in [-0.2, 0) is 4.74 Å². The summed E-state index contributed by atoms with van der Waals surface area (Å²) in [5.74, 6) is -0.103. The lowest BCUT2D eigenvalue weighted by atomic mass is 10.1. The first-order chi connectivity index (χ1) is 9.60. The number of fused-ring (bicyclic) bond motifs is 1. The van der Waals surface area contributed by atoms with Gasteiger partial charge in [-0.25, -0.2) is 4.39 Å². The smallest absolute Gasteiger partial charge is 0.261 e. The molecule has 0 spiro atoms. The van der Waals surface area contributed by atoms with Crippen molar-refractivity contribution in [3.05, 3.63) is 17.9 Å². The van der Waals surface area contributed by atoms with Crippen molar-refractivity contribution < 1.29 is 18.4 Å². The highest BCUT2D eigenvalue weighted by Gasteiger charge is 2.26. The predicted octanol–water partition coefficient (Wildman–Crippen LogP) is 2.59. The van der Waals surface area contributed by atoms with Gasteiger partial charge in [-0.1, -0.05) is 0 Å². The number of ether oxygens (including phenoxy) is 2. The standard InChI is InChI=1S/C14H17FN2O3/c1-8-6-17(7-9(2)19-8)11-5-4-10-13(12(11)15)20-16-14(10)18-3/h4-5,8-9H,6-7H2,1-3H3/t8-,9+. The van der Waals surface area contributed by atoms with Gasteiger partial charge in [-0.15, -0.1) is 0 Å². The van der Waals surface area contributed by atoms with E-state index in [2.05, 4.69) is 5.16 Å². The molecule has 0 N–H and O–H groups in total. The van der Waals surface area contributed by atoms with Gasteiger partial charge < -0.3 is 18.9 Å². The Hall–Kier alpha value is -1.82. The Bertz CT molecular complexity index is 618. The van der Waals surface area contributed by atoms with Crippen LogP contribution < -0.4 is 9.64 Å². The van der Waals surface area contributed by atoms with E-state index in [4.69, 9.17) is 14.0 Å². The highest BCUT2D eigenvalue weighted by molar-refractivity contribution is 5.86. The molecule has 20 heavy (non-hydrogen) atoms. The van der Waals surface area contributed by atoms with Crippen molar-refractivity contribution in [3.63, 3.8) is 0 Å². The van der Waals surface area contributed by atoms with Gasteiger partial charge in [-0.05, 0) is 31.1 Å². The van der Waals surface area contributed by atoms with Crippen LogP contribution in [-0.4, -0.2) is 37.6 Å². The Kier molecular flexibility index (Phi) is 3.25. The highest BCUT2D eigenvalue weighted by atomic mass is 19.1. The molecule has 3 rings (SSSR count). The Morgan fingerprint density at radius 2 is 2.00 bits per heavy atom. The van der Waals surface area contributed by atoms with Crippen molar-refractivity contribution in [2.24, 2.45) is 0 Å². The van der Waals surface area contributed by atoms with E-state index in [0.29, 0.717) is 30.0 Å². The molecular formula is C14H17FN2O3. The second-order valence-corrected chi connectivity index (χ2v) is 5.13. The Balaban J connectivity index is 2.01. The molecule has 108 valence electrons. The van der Waals surface area contributed by atoms with Gasteiger partial charge in [0.2, 0.25) is 5.58 Å². The number of anilines is 1. The van der Waals surface area contributed by atoms with Gasteiger partial charge in [0, 0.05) is 13.1 Å². The van der Waals surface area contributed by atoms with Gasteiger partial charge >= 0.3 is 0 Å². The summed E-state index contributed by atoms with van der Waals surface area (Å²) in [6.45, 7) is 5.27. The third kappa shape index (κ3) is 2.10. The SMILES string of the molecule is COc1noc2c(F)c(N3C[C@@H](C)O[C@@H](C)C3)ccc12. The number of benzene rings is 1. The van der Waals surface area contributed by atoms with Crippen molar-refractivity contribution in [3.8, 4) is 5.88 Å². The number of rotatable bonds is 2. The minimum absolute atomic E-state index is 0.0677. The second kappa shape index (κ2) is 4.94. The van der Waals surface area contributed by atoms with Crippen molar-refractivity contribution in [2.75, 3.05) is 25.1 Å². The maximum Gasteiger partial charge on any atom is 0.261 e. The summed E-state index contributed by atoms with van der Waals surface area (Å²) in [7, 11) is 1.48. The van der Waals surface area contributed by atoms with Crippen LogP contribution in [0.4, 0.5) is 10.1 Å². The third-order valence-corrected chi connectivity index (χ3v) is 3.48. The average Bonchev–Trinajstić information content (AvgIpc) is 2.81. The zero-order chi connectivity index (χ0) is 14.3. The monoisotopic (exact) mass is 280 g/mol. The molecule has 1 aliphatic heterocycles. The summed E-state index contributed by atoms with van der Waals surface area (Å²) < 4.78 is 30.3. The van der Waals surface area contributed by atoms with Gasteiger partial charge in [0.25, 0.3) is 5.88 Å². The van der Waals surface area contributed by atoms with Crippen LogP contribution in [0.2, 0.25) is 0 Å². The maximum atomic E-state index is 14.6. The zero-order valence-corrected chi connectivity index (χ0v) is 11.7. The summed E-state index contributed by atoms with van der Waals surface area (Å²) in [5, 5.41) is 4.25. The van der Waals surface area contributed by atoms with Gasteiger partial charge in [0.1, 0.15) is 0 Å². The molecule has 1 saturated heterocycles. The molecule has 0 aliphatic carbocycles. The van der Waals surface area contributed by atoms with E-state index >= 15 is 0 Å². The zero-order valence-electron chi connectivity index (χ0n) is 11.7. The molecule has 2 aromatic rings. The van der Waals surface area contributed by atoms with Crippen LogP contribution >= 0.6 is 0 Å². The Morgan fingerprint density at radius 1 is 1.30 bits per heavy atom. The number of hydrogen-bond donors (Lipinski definition) is 0. The van der Waals surface area contributed by atoms with Gasteiger partial charge in [-0.2, -0.15) is 0 Å². The summed E-state index contributed by atoms with van der Waals surface area (Å²) in [5.41, 5.74) is 0.643. The van der Waals surface area contributed by atoms with Crippen LogP contribution in [0.3, 0.4) is 0 Å². The fraction of sp³-hybridized carbons (Fsp3) is 0.500. The van der Waals surface area contributed by atoms with E-state index in [1.54, 1.807) is 12.1 Å². The van der Waals surface area contributed by atoms with Crippen LogP contribution in [0.5, 0.6) is 5.88 Å². The molecule has 0 saturated carbocycles. The number of hydrogen-bond acceptors (Lipinski definition) is 5. The van der Waals surface area contributed by atoms with Crippen molar-refractivity contribution in [1.29, 1.82) is 0 Å². The molecule has 1 aliphatic rings. The molecule has 0 amide bonds. The van der Waals surface area contributed by atoms with Gasteiger partial charge in [-0.3, -0.25) is 0 Å². The number of aromatic nitrogens is 1. The fourth-order valence-electron chi connectivity index (χ4n) is 2.71. The minimum atomic E-state index is -0.403. The largest absolute Gasteiger partial charge is 0.478 e. The fourth-order valence-corrected chi connectivity index (χ4v) is 2.71. The van der Waals surface area contributed by atoms with Crippen LogP contribution in [0.1, 0.15) is 13.8 Å². The summed E-state index contributed by atoms with van der Waals surface area (Å²) in [6.07, 6.45) is 0.135. The van der Waals surface area contributed by atoms with E-state index in [-0.39, 0.29) is 17.8 Å². The van der Waals surface area contributed by atoms with Crippen LogP contribution in [0.15, 0.2) is 16.7 Å². The third-order valence-electron chi connectivity index (χ3n) is 3.48. The topological polar surface area (TPSA) is 47.7 Å². The minimum Gasteiger partial charge on any atom is -0.478 e. The Labute approximate surface area is 116 Å². The number of methoxy groups -OCH3 is 1. The molecule has 6 heteroatoms. The normalized spacial score (nSPS) is 23.3. The van der Waals surface area contributed by atoms with E-state index in [1.165, 1.54) is 7.11 Å². The molecule has 0 unspecified atom stereocenters. The molecule has 2 heterocycles.